The second kappa shape index (κ2) is 4.93. The van der Waals surface area contributed by atoms with Crippen LogP contribution in [0.4, 0.5) is 15.2 Å². The Bertz CT molecular complexity index is 924. The highest BCUT2D eigenvalue weighted by molar-refractivity contribution is 7.93. The molecule has 0 unspecified atom stereocenters. The maximum absolute atomic E-state index is 13.1. The number of pyridine rings is 1. The number of halogens is 1. The van der Waals surface area contributed by atoms with Gasteiger partial charge in [0.15, 0.2) is 5.13 Å². The molecule has 0 bridgehead atoms. The molecule has 2 heterocycles. The van der Waals surface area contributed by atoms with Gasteiger partial charge in [0.05, 0.1) is 16.4 Å². The van der Waals surface area contributed by atoms with Crippen LogP contribution in [0.25, 0.3) is 10.2 Å². The van der Waals surface area contributed by atoms with E-state index in [9.17, 15) is 12.8 Å². The zero-order chi connectivity index (χ0) is 15.0. The Hall–Kier alpha value is -2.26. The average molecular weight is 324 g/mol. The Labute approximate surface area is 123 Å². The van der Waals surface area contributed by atoms with Crippen molar-refractivity contribution in [2.24, 2.45) is 0 Å². The van der Waals surface area contributed by atoms with E-state index in [2.05, 4.69) is 14.7 Å². The molecule has 9 heteroatoms. The molecule has 0 saturated heterocycles. The minimum atomic E-state index is -3.93. The molecule has 108 valence electrons. The predicted octanol–water partition coefficient (Wildman–Crippen LogP) is 2.21. The molecule has 0 amide bonds. The van der Waals surface area contributed by atoms with Crippen molar-refractivity contribution in [2.45, 2.75) is 4.90 Å². The number of hydrogen-bond donors (Lipinski definition) is 2. The van der Waals surface area contributed by atoms with E-state index in [0.717, 1.165) is 34.5 Å². The molecule has 3 aromatic rings. The lowest BCUT2D eigenvalue weighted by molar-refractivity contribution is 0.592. The highest BCUT2D eigenvalue weighted by atomic mass is 32.2. The van der Waals surface area contributed by atoms with Crippen molar-refractivity contribution in [1.82, 2.24) is 9.97 Å². The van der Waals surface area contributed by atoms with Gasteiger partial charge >= 0.3 is 0 Å². The van der Waals surface area contributed by atoms with Crippen LogP contribution in [0.5, 0.6) is 0 Å². The third-order valence-corrected chi connectivity index (χ3v) is 4.99. The molecular formula is C12H9FN4O2S2. The molecule has 6 nitrogen and oxygen atoms in total. The number of nitrogens with two attached hydrogens (primary N) is 1. The maximum atomic E-state index is 13.1. The molecule has 2 aromatic heterocycles. The van der Waals surface area contributed by atoms with Gasteiger partial charge in [0, 0.05) is 11.9 Å². The summed E-state index contributed by atoms with van der Waals surface area (Å²) >= 11 is 1.14. The minimum absolute atomic E-state index is 0.180. The zero-order valence-electron chi connectivity index (χ0n) is 10.4. The molecule has 0 saturated carbocycles. The van der Waals surface area contributed by atoms with E-state index in [1.54, 1.807) is 18.2 Å². The van der Waals surface area contributed by atoms with E-state index in [-0.39, 0.29) is 10.0 Å². The zero-order valence-corrected chi connectivity index (χ0v) is 12.1. The Morgan fingerprint density at radius 1 is 1.24 bits per heavy atom. The van der Waals surface area contributed by atoms with Crippen LogP contribution in [0.1, 0.15) is 0 Å². The van der Waals surface area contributed by atoms with Gasteiger partial charge in [-0.1, -0.05) is 11.3 Å². The van der Waals surface area contributed by atoms with Crippen molar-refractivity contribution in [3.05, 3.63) is 42.5 Å². The topological polar surface area (TPSA) is 98.0 Å². The number of anilines is 2. The van der Waals surface area contributed by atoms with Crippen LogP contribution in [0, 0.1) is 5.82 Å². The van der Waals surface area contributed by atoms with Crippen molar-refractivity contribution < 1.29 is 12.8 Å². The van der Waals surface area contributed by atoms with E-state index in [1.807, 2.05) is 0 Å². The quantitative estimate of drug-likeness (QED) is 0.720. The Morgan fingerprint density at radius 3 is 2.81 bits per heavy atom. The van der Waals surface area contributed by atoms with E-state index in [1.165, 1.54) is 0 Å². The number of fused-ring (bicyclic) bond motifs is 1. The molecule has 0 fully saturated rings. The highest BCUT2D eigenvalue weighted by Crippen LogP contribution is 2.29. The van der Waals surface area contributed by atoms with Crippen LogP contribution < -0.4 is 10.5 Å². The third kappa shape index (κ3) is 2.78. The minimum Gasteiger partial charge on any atom is -0.399 e. The SMILES string of the molecule is Nc1ccc2nc(NS(=O)(=O)c3cncc(F)c3)sc2c1. The third-order valence-electron chi connectivity index (χ3n) is 2.62. The summed E-state index contributed by atoms with van der Waals surface area (Å²) in [4.78, 5) is 7.40. The lowest BCUT2D eigenvalue weighted by atomic mass is 10.3. The second-order valence-electron chi connectivity index (χ2n) is 4.19. The molecular weight excluding hydrogens is 315 g/mol. The summed E-state index contributed by atoms with van der Waals surface area (Å²) in [7, 11) is -3.93. The first kappa shape index (κ1) is 13.7. The lowest BCUT2D eigenvalue weighted by Crippen LogP contribution is -2.13. The van der Waals surface area contributed by atoms with Gasteiger partial charge in [0.1, 0.15) is 10.7 Å². The normalized spacial score (nSPS) is 11.7. The first-order valence-electron chi connectivity index (χ1n) is 5.73. The van der Waals surface area contributed by atoms with E-state index >= 15 is 0 Å². The van der Waals surface area contributed by atoms with Crippen LogP contribution in [0.3, 0.4) is 0 Å². The van der Waals surface area contributed by atoms with Crippen LogP contribution >= 0.6 is 11.3 Å². The Balaban J connectivity index is 1.97. The molecule has 21 heavy (non-hydrogen) atoms. The number of nitrogen functional groups attached to an aromatic ring is 1. The first-order valence-corrected chi connectivity index (χ1v) is 8.03. The fourth-order valence-electron chi connectivity index (χ4n) is 1.70. The molecule has 0 aliphatic carbocycles. The Morgan fingerprint density at radius 2 is 2.05 bits per heavy atom. The first-order chi connectivity index (χ1) is 9.94. The van der Waals surface area contributed by atoms with Gasteiger partial charge < -0.3 is 5.73 Å². The van der Waals surface area contributed by atoms with Gasteiger partial charge in [0.2, 0.25) is 0 Å². The van der Waals surface area contributed by atoms with Gasteiger partial charge in [-0.05, 0) is 24.3 Å². The van der Waals surface area contributed by atoms with Crippen molar-refractivity contribution in [3.8, 4) is 0 Å². The van der Waals surface area contributed by atoms with Crippen molar-refractivity contribution in [2.75, 3.05) is 10.5 Å². The molecule has 0 aliphatic rings. The van der Waals surface area contributed by atoms with Crippen LogP contribution in [0.15, 0.2) is 41.6 Å². The van der Waals surface area contributed by atoms with Gasteiger partial charge in [-0.3, -0.25) is 9.71 Å². The van der Waals surface area contributed by atoms with Crippen molar-refractivity contribution in [1.29, 1.82) is 0 Å². The van der Waals surface area contributed by atoms with Gasteiger partial charge in [-0.15, -0.1) is 0 Å². The van der Waals surface area contributed by atoms with Gasteiger partial charge in [-0.2, -0.15) is 0 Å². The summed E-state index contributed by atoms with van der Waals surface area (Å²) in [6, 6.07) is 5.97. The predicted molar refractivity (Wildman–Crippen MR) is 79.0 cm³/mol. The summed E-state index contributed by atoms with van der Waals surface area (Å²) in [5, 5.41) is 0.180. The smallest absolute Gasteiger partial charge is 0.265 e. The number of rotatable bonds is 3. The number of nitrogens with one attached hydrogen (secondary N) is 1. The standard InChI is InChI=1S/C12H9FN4O2S2/c13-7-3-9(6-15-5-7)21(18,19)17-12-16-10-2-1-8(14)4-11(10)20-12/h1-6H,14H2,(H,16,17). The average Bonchev–Trinajstić information content (AvgIpc) is 2.79. The molecule has 0 spiro atoms. The van der Waals surface area contributed by atoms with Gasteiger partial charge in [-0.25, -0.2) is 17.8 Å². The van der Waals surface area contributed by atoms with Crippen LogP contribution in [-0.2, 0) is 10.0 Å². The molecule has 1 aromatic carbocycles. The van der Waals surface area contributed by atoms with Crippen molar-refractivity contribution in [3.63, 3.8) is 0 Å². The van der Waals surface area contributed by atoms with Gasteiger partial charge in [0.25, 0.3) is 10.0 Å². The number of aromatic nitrogens is 2. The van der Waals surface area contributed by atoms with E-state index < -0.39 is 15.8 Å². The largest absolute Gasteiger partial charge is 0.399 e. The fraction of sp³-hybridized carbons (Fsp3) is 0. The Kier molecular flexibility index (Phi) is 3.22. The molecule has 0 atom stereocenters. The number of sulfonamides is 1. The molecule has 0 aliphatic heterocycles. The molecule has 3 rings (SSSR count). The summed E-state index contributed by atoms with van der Waals surface area (Å²) in [5.41, 5.74) is 6.85. The maximum Gasteiger partial charge on any atom is 0.265 e. The van der Waals surface area contributed by atoms with Crippen LogP contribution in [0.2, 0.25) is 0 Å². The van der Waals surface area contributed by atoms with Crippen molar-refractivity contribution >= 4 is 42.4 Å². The number of benzene rings is 1. The monoisotopic (exact) mass is 324 g/mol. The van der Waals surface area contributed by atoms with E-state index in [4.69, 9.17) is 5.73 Å². The van der Waals surface area contributed by atoms with Crippen LogP contribution in [-0.4, -0.2) is 18.4 Å². The number of thiazole rings is 1. The fourth-order valence-corrected chi connectivity index (χ4v) is 3.82. The highest BCUT2D eigenvalue weighted by Gasteiger charge is 2.17. The summed E-state index contributed by atoms with van der Waals surface area (Å²) in [6.45, 7) is 0. The second-order valence-corrected chi connectivity index (χ2v) is 6.90. The summed E-state index contributed by atoms with van der Waals surface area (Å²) in [5.74, 6) is -0.727. The molecule has 3 N–H and O–H groups in total. The summed E-state index contributed by atoms with van der Waals surface area (Å²) in [6.07, 6.45) is 2.00. The number of nitrogens with zero attached hydrogens (tertiary/aromatic N) is 2. The lowest BCUT2D eigenvalue weighted by Gasteiger charge is -2.04. The number of hydrogen-bond acceptors (Lipinski definition) is 6. The molecule has 0 radical (unpaired) electrons. The van der Waals surface area contributed by atoms with E-state index in [0.29, 0.717) is 11.2 Å². The summed E-state index contributed by atoms with van der Waals surface area (Å²) < 4.78 is 40.4.